The quantitative estimate of drug-likeness (QED) is 0.320. The summed E-state index contributed by atoms with van der Waals surface area (Å²) in [6.45, 7) is 5.90. The zero-order valence-corrected chi connectivity index (χ0v) is 20.6. The molecule has 0 spiro atoms. The van der Waals surface area contributed by atoms with Crippen LogP contribution in [0.25, 0.3) is 10.9 Å². The molecule has 0 radical (unpaired) electrons. The van der Waals surface area contributed by atoms with Gasteiger partial charge < -0.3 is 10.1 Å². The summed E-state index contributed by atoms with van der Waals surface area (Å²) < 4.78 is 8.60. The number of aromatic nitrogens is 4. The molecular formula is C25H27N5O3S. The third kappa shape index (κ3) is 4.70. The van der Waals surface area contributed by atoms with E-state index in [-0.39, 0.29) is 11.5 Å². The summed E-state index contributed by atoms with van der Waals surface area (Å²) in [5, 5.41) is 7.87. The van der Waals surface area contributed by atoms with Crippen LogP contribution in [-0.4, -0.2) is 37.6 Å². The van der Waals surface area contributed by atoms with Crippen LogP contribution in [-0.2, 0) is 18.4 Å². The van der Waals surface area contributed by atoms with E-state index in [4.69, 9.17) is 9.72 Å². The molecule has 4 aromatic rings. The summed E-state index contributed by atoms with van der Waals surface area (Å²) >= 11 is 1.26. The van der Waals surface area contributed by atoms with Gasteiger partial charge in [-0.15, -0.1) is 0 Å². The molecule has 1 atom stereocenters. The SMILES string of the molecule is COc1ccc(Cn2c(SC(C)C(=O)Nc3c(C)nn(C)c3C)nc3ccccc3c2=O)cc1. The Labute approximate surface area is 202 Å². The maximum Gasteiger partial charge on any atom is 0.262 e. The van der Waals surface area contributed by atoms with Crippen LogP contribution in [0.3, 0.4) is 0 Å². The number of amides is 1. The Morgan fingerprint density at radius 1 is 1.15 bits per heavy atom. The Balaban J connectivity index is 1.66. The predicted octanol–water partition coefficient (Wildman–Crippen LogP) is 3.92. The molecule has 1 N–H and O–H groups in total. The highest BCUT2D eigenvalue weighted by Crippen LogP contribution is 2.26. The molecule has 2 aromatic heterocycles. The smallest absolute Gasteiger partial charge is 0.262 e. The molecule has 0 bridgehead atoms. The highest BCUT2D eigenvalue weighted by Gasteiger charge is 2.22. The lowest BCUT2D eigenvalue weighted by atomic mass is 10.2. The number of hydrogen-bond acceptors (Lipinski definition) is 6. The number of ether oxygens (including phenoxy) is 1. The second kappa shape index (κ2) is 9.72. The van der Waals surface area contributed by atoms with Crippen molar-refractivity contribution >= 4 is 34.3 Å². The lowest BCUT2D eigenvalue weighted by Crippen LogP contribution is -2.27. The number of carbonyl (C=O) groups is 1. The lowest BCUT2D eigenvalue weighted by molar-refractivity contribution is -0.115. The number of para-hydroxylation sites is 1. The normalized spacial score (nSPS) is 12.0. The summed E-state index contributed by atoms with van der Waals surface area (Å²) in [6, 6.07) is 14.8. The first kappa shape index (κ1) is 23.6. The van der Waals surface area contributed by atoms with E-state index >= 15 is 0 Å². The number of nitrogens with one attached hydrogen (secondary N) is 1. The number of benzene rings is 2. The fraction of sp³-hybridized carbons (Fsp3) is 0.280. The van der Waals surface area contributed by atoms with Gasteiger partial charge >= 0.3 is 0 Å². The molecule has 176 valence electrons. The second-order valence-electron chi connectivity index (χ2n) is 8.07. The van der Waals surface area contributed by atoms with Gasteiger partial charge in [0, 0.05) is 7.05 Å². The zero-order chi connectivity index (χ0) is 24.4. The van der Waals surface area contributed by atoms with Crippen molar-refractivity contribution in [3.63, 3.8) is 0 Å². The van der Waals surface area contributed by atoms with Gasteiger partial charge in [0.15, 0.2) is 5.16 Å². The molecule has 0 aliphatic heterocycles. The Morgan fingerprint density at radius 3 is 2.50 bits per heavy atom. The Morgan fingerprint density at radius 2 is 1.85 bits per heavy atom. The number of aryl methyl sites for hydroxylation is 2. The van der Waals surface area contributed by atoms with E-state index < -0.39 is 5.25 Å². The molecule has 0 saturated heterocycles. The van der Waals surface area contributed by atoms with E-state index in [9.17, 15) is 9.59 Å². The first-order chi connectivity index (χ1) is 16.3. The van der Waals surface area contributed by atoms with Crippen molar-refractivity contribution in [2.24, 2.45) is 7.05 Å². The van der Waals surface area contributed by atoms with Crippen LogP contribution in [0.5, 0.6) is 5.75 Å². The molecule has 0 saturated carbocycles. The van der Waals surface area contributed by atoms with Gasteiger partial charge in [-0.25, -0.2) is 4.98 Å². The second-order valence-corrected chi connectivity index (χ2v) is 9.38. The van der Waals surface area contributed by atoms with Crippen molar-refractivity contribution in [1.82, 2.24) is 19.3 Å². The summed E-state index contributed by atoms with van der Waals surface area (Å²) in [5.74, 6) is 0.566. The monoisotopic (exact) mass is 477 g/mol. The number of rotatable bonds is 7. The molecule has 0 fully saturated rings. The minimum atomic E-state index is -0.491. The van der Waals surface area contributed by atoms with Gasteiger partial charge in [-0.3, -0.25) is 18.8 Å². The van der Waals surface area contributed by atoms with Crippen LogP contribution in [0.4, 0.5) is 5.69 Å². The molecule has 34 heavy (non-hydrogen) atoms. The van der Waals surface area contributed by atoms with Gasteiger partial charge in [0.25, 0.3) is 5.56 Å². The molecular weight excluding hydrogens is 450 g/mol. The number of methoxy groups -OCH3 is 1. The van der Waals surface area contributed by atoms with Gasteiger partial charge in [-0.2, -0.15) is 5.10 Å². The molecule has 0 aliphatic carbocycles. The van der Waals surface area contributed by atoms with Crippen molar-refractivity contribution in [3.05, 3.63) is 75.8 Å². The number of hydrogen-bond donors (Lipinski definition) is 1. The predicted molar refractivity (Wildman–Crippen MR) is 135 cm³/mol. The standard InChI is InChI=1S/C25H27N5O3S/c1-15-22(16(2)29(4)28-15)27-23(31)17(3)34-25-26-21-9-7-6-8-20(21)24(32)30(25)14-18-10-12-19(33-5)13-11-18/h6-13,17H,14H2,1-5H3,(H,27,31). The third-order valence-corrected chi connectivity index (χ3v) is 6.83. The van der Waals surface area contributed by atoms with Crippen LogP contribution in [0.15, 0.2) is 58.5 Å². The van der Waals surface area contributed by atoms with Crippen molar-refractivity contribution < 1.29 is 9.53 Å². The minimum Gasteiger partial charge on any atom is -0.497 e. The number of anilines is 1. The number of fused-ring (bicyclic) bond motifs is 1. The van der Waals surface area contributed by atoms with Gasteiger partial charge in [0.05, 0.1) is 46.9 Å². The van der Waals surface area contributed by atoms with Crippen LogP contribution < -0.4 is 15.6 Å². The van der Waals surface area contributed by atoms with E-state index in [1.54, 1.807) is 29.3 Å². The average molecular weight is 478 g/mol. The van der Waals surface area contributed by atoms with Crippen LogP contribution in [0, 0.1) is 13.8 Å². The van der Waals surface area contributed by atoms with E-state index in [2.05, 4.69) is 10.4 Å². The number of carbonyl (C=O) groups excluding carboxylic acids is 1. The molecule has 1 amide bonds. The highest BCUT2D eigenvalue weighted by atomic mass is 32.2. The Bertz CT molecular complexity index is 1410. The van der Waals surface area contributed by atoms with Crippen LogP contribution in [0.2, 0.25) is 0 Å². The fourth-order valence-corrected chi connectivity index (χ4v) is 4.59. The van der Waals surface area contributed by atoms with Crippen molar-refractivity contribution in [2.45, 2.75) is 37.7 Å². The third-order valence-electron chi connectivity index (χ3n) is 5.73. The van der Waals surface area contributed by atoms with Gasteiger partial charge in [0.2, 0.25) is 5.91 Å². The average Bonchev–Trinajstić information content (AvgIpc) is 3.07. The highest BCUT2D eigenvalue weighted by molar-refractivity contribution is 8.00. The summed E-state index contributed by atoms with van der Waals surface area (Å²) in [5.41, 5.74) is 3.74. The lowest BCUT2D eigenvalue weighted by Gasteiger charge is -2.17. The molecule has 4 rings (SSSR count). The van der Waals surface area contributed by atoms with E-state index in [1.807, 2.05) is 63.4 Å². The number of nitrogens with zero attached hydrogens (tertiary/aromatic N) is 4. The van der Waals surface area contributed by atoms with Gasteiger partial charge in [0.1, 0.15) is 5.75 Å². The summed E-state index contributed by atoms with van der Waals surface area (Å²) in [6.07, 6.45) is 0. The summed E-state index contributed by atoms with van der Waals surface area (Å²) in [4.78, 5) is 31.1. The van der Waals surface area contributed by atoms with E-state index in [0.717, 1.165) is 22.7 Å². The molecule has 0 aliphatic rings. The maximum atomic E-state index is 13.4. The van der Waals surface area contributed by atoms with Crippen LogP contribution in [0.1, 0.15) is 23.9 Å². The Hall–Kier alpha value is -3.59. The molecule has 2 heterocycles. The van der Waals surface area contributed by atoms with E-state index in [1.165, 1.54) is 11.8 Å². The van der Waals surface area contributed by atoms with Gasteiger partial charge in [-0.05, 0) is 50.6 Å². The molecule has 1 unspecified atom stereocenters. The maximum absolute atomic E-state index is 13.4. The van der Waals surface area contributed by atoms with Crippen molar-refractivity contribution in [3.8, 4) is 5.75 Å². The number of thioether (sulfide) groups is 1. The Kier molecular flexibility index (Phi) is 6.74. The topological polar surface area (TPSA) is 91.0 Å². The zero-order valence-electron chi connectivity index (χ0n) is 19.8. The van der Waals surface area contributed by atoms with Crippen molar-refractivity contribution in [1.29, 1.82) is 0 Å². The molecule has 9 heteroatoms. The molecule has 8 nitrogen and oxygen atoms in total. The van der Waals surface area contributed by atoms with Gasteiger partial charge in [-0.1, -0.05) is 36.0 Å². The first-order valence-electron chi connectivity index (χ1n) is 10.9. The van der Waals surface area contributed by atoms with Crippen LogP contribution >= 0.6 is 11.8 Å². The first-order valence-corrected chi connectivity index (χ1v) is 11.8. The summed E-state index contributed by atoms with van der Waals surface area (Å²) in [7, 11) is 3.45. The molecule has 2 aromatic carbocycles. The largest absolute Gasteiger partial charge is 0.497 e. The minimum absolute atomic E-state index is 0.143. The van der Waals surface area contributed by atoms with E-state index in [0.29, 0.717) is 28.3 Å². The fourth-order valence-electron chi connectivity index (χ4n) is 3.68. The van der Waals surface area contributed by atoms with Crippen molar-refractivity contribution in [2.75, 3.05) is 12.4 Å².